The summed E-state index contributed by atoms with van der Waals surface area (Å²) in [6.07, 6.45) is 3.32. The minimum absolute atomic E-state index is 0.0804. The standard InChI is InChI=1S/C18H29NO2/c1-6-10-19-17-15-12-14(20-5)9-8-13(15)11-16(17)21-18(3,4)7-2/h8-9,12,16-17,19H,6-7,10-11H2,1-5H3. The van der Waals surface area contributed by atoms with Crippen molar-refractivity contribution in [3.05, 3.63) is 29.3 Å². The van der Waals surface area contributed by atoms with Gasteiger partial charge in [0.1, 0.15) is 5.75 Å². The molecule has 0 aromatic heterocycles. The fraction of sp³-hybridized carbons (Fsp3) is 0.667. The van der Waals surface area contributed by atoms with Gasteiger partial charge in [-0.3, -0.25) is 0 Å². The second kappa shape index (κ2) is 6.80. The van der Waals surface area contributed by atoms with Gasteiger partial charge in [0.05, 0.1) is 24.9 Å². The van der Waals surface area contributed by atoms with Crippen molar-refractivity contribution in [2.45, 2.75) is 64.7 Å². The quantitative estimate of drug-likeness (QED) is 0.827. The van der Waals surface area contributed by atoms with Crippen LogP contribution in [0, 0.1) is 0 Å². The molecule has 3 nitrogen and oxygen atoms in total. The summed E-state index contributed by atoms with van der Waals surface area (Å²) in [5, 5.41) is 3.65. The molecule has 0 radical (unpaired) electrons. The second-order valence-corrected chi connectivity index (χ2v) is 6.47. The van der Waals surface area contributed by atoms with Crippen molar-refractivity contribution in [1.29, 1.82) is 0 Å². The molecule has 0 saturated carbocycles. The molecule has 0 saturated heterocycles. The predicted octanol–water partition coefficient (Wildman–Crippen LogP) is 3.87. The molecular weight excluding hydrogens is 262 g/mol. The highest BCUT2D eigenvalue weighted by molar-refractivity contribution is 5.42. The van der Waals surface area contributed by atoms with E-state index in [9.17, 15) is 0 Å². The van der Waals surface area contributed by atoms with Crippen molar-refractivity contribution < 1.29 is 9.47 Å². The predicted molar refractivity (Wildman–Crippen MR) is 87.0 cm³/mol. The van der Waals surface area contributed by atoms with Gasteiger partial charge in [0.25, 0.3) is 0 Å². The van der Waals surface area contributed by atoms with Crippen molar-refractivity contribution in [3.8, 4) is 5.75 Å². The smallest absolute Gasteiger partial charge is 0.119 e. The summed E-state index contributed by atoms with van der Waals surface area (Å²) in [5.74, 6) is 0.924. The molecule has 2 rings (SSSR count). The summed E-state index contributed by atoms with van der Waals surface area (Å²) >= 11 is 0. The van der Waals surface area contributed by atoms with Gasteiger partial charge in [-0.2, -0.15) is 0 Å². The molecule has 1 aliphatic rings. The van der Waals surface area contributed by atoms with Crippen LogP contribution < -0.4 is 10.1 Å². The molecule has 0 amide bonds. The number of methoxy groups -OCH3 is 1. The van der Waals surface area contributed by atoms with Gasteiger partial charge in [-0.1, -0.05) is 19.9 Å². The molecular formula is C18H29NO2. The molecule has 0 spiro atoms. The molecule has 1 aromatic rings. The van der Waals surface area contributed by atoms with Gasteiger partial charge >= 0.3 is 0 Å². The first-order chi connectivity index (χ1) is 10.0. The Morgan fingerprint density at radius 1 is 1.29 bits per heavy atom. The summed E-state index contributed by atoms with van der Waals surface area (Å²) in [5.41, 5.74) is 2.63. The monoisotopic (exact) mass is 291 g/mol. The fourth-order valence-corrected chi connectivity index (χ4v) is 2.85. The van der Waals surface area contributed by atoms with E-state index in [0.717, 1.165) is 31.6 Å². The molecule has 2 unspecified atom stereocenters. The van der Waals surface area contributed by atoms with Gasteiger partial charge in [-0.25, -0.2) is 0 Å². The molecule has 1 N–H and O–H groups in total. The van der Waals surface area contributed by atoms with Crippen LogP contribution in [0.5, 0.6) is 5.75 Å². The van der Waals surface area contributed by atoms with Crippen molar-refractivity contribution in [1.82, 2.24) is 5.32 Å². The van der Waals surface area contributed by atoms with Crippen molar-refractivity contribution >= 4 is 0 Å². The zero-order valence-corrected chi connectivity index (χ0v) is 14.0. The average molecular weight is 291 g/mol. The molecule has 0 heterocycles. The van der Waals surface area contributed by atoms with E-state index in [2.05, 4.69) is 45.1 Å². The third kappa shape index (κ3) is 3.78. The Labute approximate surface area is 129 Å². The van der Waals surface area contributed by atoms with Crippen LogP contribution in [0.3, 0.4) is 0 Å². The van der Waals surface area contributed by atoms with Gasteiger partial charge in [0, 0.05) is 6.42 Å². The van der Waals surface area contributed by atoms with Gasteiger partial charge in [-0.05, 0) is 56.5 Å². The summed E-state index contributed by atoms with van der Waals surface area (Å²) < 4.78 is 11.8. The largest absolute Gasteiger partial charge is 0.497 e. The molecule has 3 heteroatoms. The van der Waals surface area contributed by atoms with E-state index in [-0.39, 0.29) is 17.7 Å². The minimum atomic E-state index is -0.0804. The molecule has 0 bridgehead atoms. The third-order valence-corrected chi connectivity index (χ3v) is 4.42. The third-order valence-electron chi connectivity index (χ3n) is 4.42. The molecule has 2 atom stereocenters. The highest BCUT2D eigenvalue weighted by atomic mass is 16.5. The Kier molecular flexibility index (Phi) is 5.28. The minimum Gasteiger partial charge on any atom is -0.497 e. The van der Waals surface area contributed by atoms with E-state index in [0.29, 0.717) is 0 Å². The summed E-state index contributed by atoms with van der Waals surface area (Å²) in [7, 11) is 1.72. The maximum Gasteiger partial charge on any atom is 0.119 e. The number of benzene rings is 1. The van der Waals surface area contributed by atoms with Crippen LogP contribution in [0.25, 0.3) is 0 Å². The normalized spacial score (nSPS) is 21.4. The van der Waals surface area contributed by atoms with Crippen molar-refractivity contribution in [3.63, 3.8) is 0 Å². The van der Waals surface area contributed by atoms with E-state index in [1.54, 1.807) is 7.11 Å². The van der Waals surface area contributed by atoms with Gasteiger partial charge in [0.15, 0.2) is 0 Å². The lowest BCUT2D eigenvalue weighted by Crippen LogP contribution is -2.37. The molecule has 0 fully saturated rings. The van der Waals surface area contributed by atoms with Gasteiger partial charge < -0.3 is 14.8 Å². The van der Waals surface area contributed by atoms with Crippen LogP contribution in [0.4, 0.5) is 0 Å². The summed E-state index contributed by atoms with van der Waals surface area (Å²) in [6.45, 7) is 9.73. The number of fused-ring (bicyclic) bond motifs is 1. The van der Waals surface area contributed by atoms with Crippen LogP contribution in [0.2, 0.25) is 0 Å². The Morgan fingerprint density at radius 2 is 2.05 bits per heavy atom. The number of ether oxygens (including phenoxy) is 2. The number of hydrogen-bond donors (Lipinski definition) is 1. The number of hydrogen-bond acceptors (Lipinski definition) is 3. The van der Waals surface area contributed by atoms with Crippen LogP contribution in [0.15, 0.2) is 18.2 Å². The van der Waals surface area contributed by atoms with Gasteiger partial charge in [0.2, 0.25) is 0 Å². The zero-order chi connectivity index (χ0) is 15.5. The van der Waals surface area contributed by atoms with E-state index < -0.39 is 0 Å². The van der Waals surface area contributed by atoms with Crippen LogP contribution in [0.1, 0.15) is 57.7 Å². The fourth-order valence-electron chi connectivity index (χ4n) is 2.85. The Hall–Kier alpha value is -1.06. The lowest BCUT2D eigenvalue weighted by Gasteiger charge is -2.32. The molecule has 1 aliphatic carbocycles. The van der Waals surface area contributed by atoms with E-state index >= 15 is 0 Å². The SMILES string of the molecule is CCCNC1c2cc(OC)ccc2CC1OC(C)(C)CC. The maximum atomic E-state index is 6.41. The Bertz CT molecular complexity index is 470. The second-order valence-electron chi connectivity index (χ2n) is 6.47. The Balaban J connectivity index is 2.23. The maximum absolute atomic E-state index is 6.41. The van der Waals surface area contributed by atoms with Crippen LogP contribution in [-0.4, -0.2) is 25.4 Å². The molecule has 118 valence electrons. The first-order valence-electron chi connectivity index (χ1n) is 8.08. The zero-order valence-electron chi connectivity index (χ0n) is 14.0. The van der Waals surface area contributed by atoms with E-state index in [1.807, 2.05) is 6.07 Å². The summed E-state index contributed by atoms with van der Waals surface area (Å²) in [6, 6.07) is 6.64. The van der Waals surface area contributed by atoms with Crippen molar-refractivity contribution in [2.24, 2.45) is 0 Å². The molecule has 1 aromatic carbocycles. The molecule has 0 aliphatic heterocycles. The lowest BCUT2D eigenvalue weighted by atomic mass is 10.0. The van der Waals surface area contributed by atoms with E-state index in [1.165, 1.54) is 11.1 Å². The highest BCUT2D eigenvalue weighted by Gasteiger charge is 2.36. The first-order valence-corrected chi connectivity index (χ1v) is 8.08. The van der Waals surface area contributed by atoms with Crippen LogP contribution >= 0.6 is 0 Å². The first kappa shape index (κ1) is 16.3. The van der Waals surface area contributed by atoms with Crippen LogP contribution in [-0.2, 0) is 11.2 Å². The lowest BCUT2D eigenvalue weighted by molar-refractivity contribution is -0.0827. The summed E-state index contributed by atoms with van der Waals surface area (Å²) in [4.78, 5) is 0. The number of rotatable bonds is 7. The topological polar surface area (TPSA) is 30.5 Å². The molecule has 21 heavy (non-hydrogen) atoms. The Morgan fingerprint density at radius 3 is 2.67 bits per heavy atom. The van der Waals surface area contributed by atoms with E-state index in [4.69, 9.17) is 9.47 Å². The van der Waals surface area contributed by atoms with Gasteiger partial charge in [-0.15, -0.1) is 0 Å². The highest BCUT2D eigenvalue weighted by Crippen LogP contribution is 2.37. The number of nitrogens with one attached hydrogen (secondary N) is 1. The van der Waals surface area contributed by atoms with Crippen molar-refractivity contribution in [2.75, 3.05) is 13.7 Å². The average Bonchev–Trinajstić information content (AvgIpc) is 2.80.